The first-order valence-corrected chi connectivity index (χ1v) is 12.7. The van der Waals surface area contributed by atoms with E-state index in [2.05, 4.69) is 15.2 Å². The Labute approximate surface area is 197 Å². The number of urea groups is 1. The van der Waals surface area contributed by atoms with Crippen molar-refractivity contribution in [2.75, 3.05) is 26.2 Å². The molecule has 2 aromatic rings. The molecule has 3 heterocycles. The van der Waals surface area contributed by atoms with Gasteiger partial charge in [0.05, 0.1) is 0 Å². The van der Waals surface area contributed by atoms with E-state index in [9.17, 15) is 14.3 Å². The average Bonchev–Trinajstić information content (AvgIpc) is 3.21. The molecule has 2 saturated heterocycles. The molecule has 0 radical (unpaired) electrons. The molecule has 1 aromatic carbocycles. The molecule has 0 unspecified atom stereocenters. The van der Waals surface area contributed by atoms with Gasteiger partial charge in [-0.3, -0.25) is 5.10 Å². The van der Waals surface area contributed by atoms with Crippen LogP contribution in [0.5, 0.6) is 0 Å². The first kappa shape index (κ1) is 19.8. The van der Waals surface area contributed by atoms with Crippen molar-refractivity contribution in [2.24, 2.45) is 16.7 Å². The van der Waals surface area contributed by atoms with Crippen molar-refractivity contribution in [3.63, 3.8) is 0 Å². The number of carbonyl (C=O) groups is 1. The van der Waals surface area contributed by atoms with Gasteiger partial charge in [-0.15, -0.1) is 0 Å². The van der Waals surface area contributed by atoms with E-state index in [0.29, 0.717) is 23.1 Å². The topological polar surface area (TPSA) is 85.3 Å². The number of aromatic amines is 1. The highest BCUT2D eigenvalue weighted by Crippen LogP contribution is 2.77. The van der Waals surface area contributed by atoms with Crippen molar-refractivity contribution in [2.45, 2.75) is 61.9 Å². The summed E-state index contributed by atoms with van der Waals surface area (Å²) in [6.45, 7) is 3.50. The predicted molar refractivity (Wildman–Crippen MR) is 120 cm³/mol. The summed E-state index contributed by atoms with van der Waals surface area (Å²) in [5.74, 6) is 2.28. The molecule has 2 aliphatic heterocycles. The van der Waals surface area contributed by atoms with Crippen molar-refractivity contribution in [3.05, 3.63) is 47.3 Å². The minimum Gasteiger partial charge on any atom is -0.382 e. The zero-order valence-corrected chi connectivity index (χ0v) is 19.3. The van der Waals surface area contributed by atoms with E-state index < -0.39 is 5.60 Å². The summed E-state index contributed by atoms with van der Waals surface area (Å²) >= 11 is 0. The van der Waals surface area contributed by atoms with E-state index in [-0.39, 0.29) is 22.7 Å². The predicted octanol–water partition coefficient (Wildman–Crippen LogP) is 3.28. The molecule has 34 heavy (non-hydrogen) atoms. The van der Waals surface area contributed by atoms with E-state index >= 15 is 0 Å². The highest BCUT2D eigenvalue weighted by Gasteiger charge is 2.72. The zero-order valence-electron chi connectivity index (χ0n) is 19.3. The molecule has 7 fully saturated rings. The van der Waals surface area contributed by atoms with Crippen LogP contribution in [0.4, 0.5) is 9.18 Å². The number of nitrogens with one attached hydrogen (secondary N) is 1. The number of likely N-dealkylation sites (tertiary alicyclic amines) is 2. The lowest BCUT2D eigenvalue weighted by molar-refractivity contribution is -0.208. The van der Waals surface area contributed by atoms with Crippen molar-refractivity contribution in [3.8, 4) is 0 Å². The lowest BCUT2D eigenvalue weighted by Gasteiger charge is -2.76. The summed E-state index contributed by atoms with van der Waals surface area (Å²) in [5, 5.41) is 17.4. The van der Waals surface area contributed by atoms with Gasteiger partial charge in [0, 0.05) is 37.5 Å². The number of halogens is 1. The molecular formula is C26H30FN5O2. The fraction of sp³-hybridized carbons (Fsp3) is 0.654. The fourth-order valence-corrected chi connectivity index (χ4v) is 7.97. The standard InChI is InChI=1S/C26H30FN5O2/c27-19-3-1-17(2-4-19)24-11-25(12-24,13-24)18-9-31(10-18)22(33)32-14-23(15-32)7-16(8-23)20-28-21(30-29-20)26(34)5-6-26/h1-4,16,18,34H,5-15H2,(H,28,29,30). The second-order valence-corrected chi connectivity index (χ2v) is 12.6. The van der Waals surface area contributed by atoms with Crippen LogP contribution >= 0.6 is 0 Å². The quantitative estimate of drug-likeness (QED) is 0.729. The molecule has 8 heteroatoms. The molecule has 7 nitrogen and oxygen atoms in total. The van der Waals surface area contributed by atoms with E-state index in [0.717, 1.165) is 57.7 Å². The number of hydrogen-bond acceptors (Lipinski definition) is 4. The normalized spacial score (nSPS) is 34.5. The summed E-state index contributed by atoms with van der Waals surface area (Å²) in [6, 6.07) is 7.28. The van der Waals surface area contributed by atoms with Crippen LogP contribution < -0.4 is 0 Å². The van der Waals surface area contributed by atoms with Gasteiger partial charge in [-0.1, -0.05) is 12.1 Å². The molecule has 9 rings (SSSR count). The van der Waals surface area contributed by atoms with Gasteiger partial charge < -0.3 is 14.9 Å². The van der Waals surface area contributed by atoms with Crippen LogP contribution in [0.1, 0.15) is 68.1 Å². The number of rotatable bonds is 4. The number of benzene rings is 1. The van der Waals surface area contributed by atoms with Gasteiger partial charge in [0.25, 0.3) is 0 Å². The number of hydrogen-bond donors (Lipinski definition) is 2. The maximum absolute atomic E-state index is 13.3. The highest BCUT2D eigenvalue weighted by atomic mass is 19.1. The minimum atomic E-state index is -0.786. The van der Waals surface area contributed by atoms with Crippen molar-refractivity contribution in [1.29, 1.82) is 0 Å². The van der Waals surface area contributed by atoms with Gasteiger partial charge in [0.15, 0.2) is 5.82 Å². The third-order valence-electron chi connectivity index (χ3n) is 10.3. The number of H-pyrrole nitrogens is 1. The van der Waals surface area contributed by atoms with Crippen LogP contribution in [0.3, 0.4) is 0 Å². The second-order valence-electron chi connectivity index (χ2n) is 12.6. The van der Waals surface area contributed by atoms with Crippen molar-refractivity contribution < 1.29 is 14.3 Å². The van der Waals surface area contributed by atoms with Crippen molar-refractivity contribution >= 4 is 6.03 Å². The molecule has 1 spiro atoms. The number of carbonyl (C=O) groups excluding carboxylic acids is 1. The van der Waals surface area contributed by atoms with Crippen LogP contribution in [-0.4, -0.2) is 62.3 Å². The second kappa shape index (κ2) is 6.01. The molecule has 5 aliphatic carbocycles. The molecule has 2 amide bonds. The molecule has 5 saturated carbocycles. The lowest BCUT2D eigenvalue weighted by Crippen LogP contribution is -2.74. The van der Waals surface area contributed by atoms with Crippen LogP contribution in [0.25, 0.3) is 0 Å². The average molecular weight is 464 g/mol. The van der Waals surface area contributed by atoms with Gasteiger partial charge in [-0.2, -0.15) is 5.10 Å². The SMILES string of the molecule is O=C(N1CC(C23CC(c4ccc(F)cc4)(C2)C3)C1)N1CC2(CC(c3nc(C4(O)CC4)n[nH]3)C2)C1. The first-order chi connectivity index (χ1) is 16.3. The molecular weight excluding hydrogens is 433 g/mol. The van der Waals surface area contributed by atoms with Gasteiger partial charge in [0.2, 0.25) is 0 Å². The number of aromatic nitrogens is 3. The Kier molecular flexibility index (Phi) is 3.50. The molecule has 2 bridgehead atoms. The summed E-state index contributed by atoms with van der Waals surface area (Å²) in [4.78, 5) is 21.6. The molecule has 1 aromatic heterocycles. The van der Waals surface area contributed by atoms with Crippen LogP contribution in [0, 0.1) is 22.6 Å². The lowest BCUT2D eigenvalue weighted by atomic mass is 9.30. The van der Waals surface area contributed by atoms with E-state index in [1.807, 2.05) is 21.9 Å². The highest BCUT2D eigenvalue weighted by molar-refractivity contribution is 5.76. The van der Waals surface area contributed by atoms with E-state index in [4.69, 9.17) is 0 Å². The molecule has 178 valence electrons. The van der Waals surface area contributed by atoms with Gasteiger partial charge >= 0.3 is 6.03 Å². The zero-order chi connectivity index (χ0) is 22.9. The largest absolute Gasteiger partial charge is 0.382 e. The van der Waals surface area contributed by atoms with Crippen LogP contribution in [0.2, 0.25) is 0 Å². The molecule has 2 N–H and O–H groups in total. The molecule has 0 atom stereocenters. The van der Waals surface area contributed by atoms with Crippen LogP contribution in [0.15, 0.2) is 24.3 Å². The minimum absolute atomic E-state index is 0.163. The Balaban J connectivity index is 0.812. The Bertz CT molecular complexity index is 1160. The Morgan fingerprint density at radius 3 is 2.38 bits per heavy atom. The van der Waals surface area contributed by atoms with Gasteiger partial charge in [-0.25, -0.2) is 14.2 Å². The smallest absolute Gasteiger partial charge is 0.320 e. The number of amides is 2. The Morgan fingerprint density at radius 1 is 1.06 bits per heavy atom. The maximum atomic E-state index is 13.3. The Hall–Kier alpha value is -2.48. The summed E-state index contributed by atoms with van der Waals surface area (Å²) < 4.78 is 13.3. The number of nitrogens with zero attached hydrogens (tertiary/aromatic N) is 4. The van der Waals surface area contributed by atoms with E-state index in [1.54, 1.807) is 12.1 Å². The third-order valence-corrected chi connectivity index (χ3v) is 10.3. The Morgan fingerprint density at radius 2 is 1.74 bits per heavy atom. The van der Waals surface area contributed by atoms with E-state index in [1.165, 1.54) is 24.8 Å². The maximum Gasteiger partial charge on any atom is 0.320 e. The monoisotopic (exact) mass is 463 g/mol. The fourth-order valence-electron chi connectivity index (χ4n) is 7.97. The molecule has 7 aliphatic rings. The number of aliphatic hydroxyl groups is 1. The van der Waals surface area contributed by atoms with Gasteiger partial charge in [-0.05, 0) is 79.4 Å². The summed E-state index contributed by atoms with van der Waals surface area (Å²) in [5.41, 5.74) is 1.46. The third kappa shape index (κ3) is 2.52. The van der Waals surface area contributed by atoms with Crippen LogP contribution in [-0.2, 0) is 11.0 Å². The first-order valence-electron chi connectivity index (χ1n) is 12.7. The van der Waals surface area contributed by atoms with Crippen molar-refractivity contribution in [1.82, 2.24) is 25.0 Å². The summed E-state index contributed by atoms with van der Waals surface area (Å²) in [7, 11) is 0. The van der Waals surface area contributed by atoms with Gasteiger partial charge in [0.1, 0.15) is 17.2 Å². The summed E-state index contributed by atoms with van der Waals surface area (Å²) in [6.07, 6.45) is 7.20.